The summed E-state index contributed by atoms with van der Waals surface area (Å²) < 4.78 is 32.3. The summed E-state index contributed by atoms with van der Waals surface area (Å²) in [4.78, 5) is 11.4. The molecule has 0 aliphatic rings. The fourth-order valence-corrected chi connectivity index (χ4v) is 2.02. The molecule has 0 bridgehead atoms. The van der Waals surface area contributed by atoms with Crippen LogP contribution in [0.3, 0.4) is 0 Å². The minimum Gasteiger partial charge on any atom is -0.460 e. The number of nitrogens with two attached hydrogens (primary N) is 1. The van der Waals surface area contributed by atoms with Crippen LogP contribution in [0.25, 0.3) is 0 Å². The largest absolute Gasteiger partial charge is 0.460 e. The third-order valence-corrected chi connectivity index (χ3v) is 3.33. The lowest BCUT2D eigenvalue weighted by molar-refractivity contribution is 0.0450. The Morgan fingerprint density at radius 2 is 2.11 bits per heavy atom. The Balaban J connectivity index is 2.77. The normalized spacial score (nSPS) is 11.8. The summed E-state index contributed by atoms with van der Waals surface area (Å²) in [6, 6.07) is 1.09. The van der Waals surface area contributed by atoms with Gasteiger partial charge in [-0.15, -0.1) is 0 Å². The molecule has 102 valence electrons. The van der Waals surface area contributed by atoms with Crippen molar-refractivity contribution in [2.75, 3.05) is 6.61 Å². The number of ether oxygens (including phenoxy) is 1. The highest BCUT2D eigenvalue weighted by Gasteiger charge is 2.21. The predicted molar refractivity (Wildman–Crippen MR) is 64.6 cm³/mol. The van der Waals surface area contributed by atoms with Gasteiger partial charge in [0, 0.05) is 6.07 Å². The van der Waals surface area contributed by atoms with Gasteiger partial charge in [0.15, 0.2) is 0 Å². The first-order chi connectivity index (χ1) is 8.21. The van der Waals surface area contributed by atoms with Crippen molar-refractivity contribution >= 4 is 16.0 Å². The summed E-state index contributed by atoms with van der Waals surface area (Å²) in [5, 5.41) is 4.97. The van der Waals surface area contributed by atoms with E-state index in [2.05, 4.69) is 0 Å². The van der Waals surface area contributed by atoms with Crippen molar-refractivity contribution in [1.29, 1.82) is 0 Å². The molecule has 0 atom stereocenters. The number of carbonyl (C=O) groups excluding carboxylic acids is 1. The monoisotopic (exact) mass is 275 g/mol. The molecule has 0 fully saturated rings. The molecule has 1 rings (SSSR count). The van der Waals surface area contributed by atoms with Crippen LogP contribution >= 0.6 is 0 Å². The van der Waals surface area contributed by atoms with E-state index in [1.807, 2.05) is 13.8 Å². The van der Waals surface area contributed by atoms with E-state index in [1.165, 1.54) is 6.92 Å². The number of carbonyl (C=O) groups is 1. The van der Waals surface area contributed by atoms with Gasteiger partial charge in [-0.25, -0.2) is 18.4 Å². The van der Waals surface area contributed by atoms with Crippen molar-refractivity contribution in [3.8, 4) is 0 Å². The SMILES string of the molecule is Cc1oc(C(=O)OCCC(C)C)cc1S(N)(=O)=O. The summed E-state index contributed by atoms with van der Waals surface area (Å²) in [7, 11) is -3.88. The van der Waals surface area contributed by atoms with Gasteiger partial charge in [-0.2, -0.15) is 0 Å². The number of rotatable bonds is 5. The smallest absolute Gasteiger partial charge is 0.374 e. The van der Waals surface area contributed by atoms with Gasteiger partial charge in [0.05, 0.1) is 6.61 Å². The molecule has 1 heterocycles. The summed E-state index contributed by atoms with van der Waals surface area (Å²) in [5.41, 5.74) is 0. The maximum Gasteiger partial charge on any atom is 0.374 e. The number of hydrogen-bond donors (Lipinski definition) is 1. The molecule has 0 spiro atoms. The molecule has 0 amide bonds. The first kappa shape index (κ1) is 14.7. The van der Waals surface area contributed by atoms with Crippen LogP contribution in [0.5, 0.6) is 0 Å². The molecule has 0 saturated carbocycles. The minimum atomic E-state index is -3.88. The Morgan fingerprint density at radius 3 is 2.56 bits per heavy atom. The number of primary sulfonamides is 1. The van der Waals surface area contributed by atoms with Crippen LogP contribution in [0.15, 0.2) is 15.4 Å². The molecular weight excluding hydrogens is 258 g/mol. The van der Waals surface area contributed by atoms with Gasteiger partial charge in [0.1, 0.15) is 10.7 Å². The second-order valence-corrected chi connectivity index (χ2v) is 5.92. The average molecular weight is 275 g/mol. The fraction of sp³-hybridized carbons (Fsp3) is 0.545. The quantitative estimate of drug-likeness (QED) is 0.819. The molecule has 0 aromatic carbocycles. The van der Waals surface area contributed by atoms with E-state index in [4.69, 9.17) is 14.3 Å². The molecule has 6 nitrogen and oxygen atoms in total. The molecular formula is C11H17NO5S. The van der Waals surface area contributed by atoms with Crippen LogP contribution < -0.4 is 5.14 Å². The third kappa shape index (κ3) is 3.85. The second-order valence-electron chi connectivity index (χ2n) is 4.39. The zero-order valence-corrected chi connectivity index (χ0v) is 11.4. The Kier molecular flexibility index (Phi) is 4.53. The maximum atomic E-state index is 11.6. The van der Waals surface area contributed by atoms with E-state index in [-0.39, 0.29) is 23.0 Å². The van der Waals surface area contributed by atoms with Crippen molar-refractivity contribution in [1.82, 2.24) is 0 Å². The standard InChI is InChI=1S/C11H17NO5S/c1-7(2)4-5-16-11(13)9-6-10(8(3)17-9)18(12,14)15/h6-7H,4-5H2,1-3H3,(H2,12,14,15). The number of esters is 1. The van der Waals surface area contributed by atoms with Crippen LogP contribution in [0.2, 0.25) is 0 Å². The van der Waals surface area contributed by atoms with Crippen LogP contribution in [0, 0.1) is 12.8 Å². The molecule has 1 aromatic rings. The maximum absolute atomic E-state index is 11.6. The number of hydrogen-bond acceptors (Lipinski definition) is 5. The highest BCUT2D eigenvalue weighted by atomic mass is 32.2. The van der Waals surface area contributed by atoms with Gasteiger partial charge in [0.25, 0.3) is 0 Å². The average Bonchev–Trinajstić information content (AvgIpc) is 2.59. The summed E-state index contributed by atoms with van der Waals surface area (Å²) >= 11 is 0. The van der Waals surface area contributed by atoms with Crippen LogP contribution in [-0.2, 0) is 14.8 Å². The van der Waals surface area contributed by atoms with Crippen LogP contribution in [-0.4, -0.2) is 21.0 Å². The van der Waals surface area contributed by atoms with E-state index in [0.717, 1.165) is 12.5 Å². The number of furan rings is 1. The van der Waals surface area contributed by atoms with Gasteiger partial charge in [0.2, 0.25) is 15.8 Å². The van der Waals surface area contributed by atoms with E-state index in [9.17, 15) is 13.2 Å². The lowest BCUT2D eigenvalue weighted by atomic mass is 10.1. The Bertz CT molecular complexity index is 530. The molecule has 0 unspecified atom stereocenters. The summed E-state index contributed by atoms with van der Waals surface area (Å²) in [5.74, 6) is -0.349. The van der Waals surface area contributed by atoms with Crippen molar-refractivity contribution in [3.05, 3.63) is 17.6 Å². The third-order valence-electron chi connectivity index (χ3n) is 2.31. The van der Waals surface area contributed by atoms with E-state index in [1.54, 1.807) is 0 Å². The molecule has 0 saturated heterocycles. The Hall–Kier alpha value is -1.34. The van der Waals surface area contributed by atoms with Gasteiger partial charge in [-0.05, 0) is 19.3 Å². The summed E-state index contributed by atoms with van der Waals surface area (Å²) in [6.07, 6.45) is 0.730. The molecule has 18 heavy (non-hydrogen) atoms. The molecule has 0 aliphatic carbocycles. The topological polar surface area (TPSA) is 99.6 Å². The second kappa shape index (κ2) is 5.53. The highest BCUT2D eigenvalue weighted by molar-refractivity contribution is 7.89. The zero-order valence-electron chi connectivity index (χ0n) is 10.6. The first-order valence-corrected chi connectivity index (χ1v) is 7.06. The fourth-order valence-electron chi connectivity index (χ4n) is 1.31. The van der Waals surface area contributed by atoms with Gasteiger partial charge in [-0.3, -0.25) is 0 Å². The van der Waals surface area contributed by atoms with Crippen LogP contribution in [0.1, 0.15) is 36.6 Å². The molecule has 1 aromatic heterocycles. The lowest BCUT2D eigenvalue weighted by Crippen LogP contribution is -2.12. The Labute approximate surface area is 106 Å². The molecule has 2 N–H and O–H groups in total. The van der Waals surface area contributed by atoms with E-state index in [0.29, 0.717) is 5.92 Å². The zero-order chi connectivity index (χ0) is 13.9. The summed E-state index contributed by atoms with van der Waals surface area (Å²) in [6.45, 7) is 5.69. The highest BCUT2D eigenvalue weighted by Crippen LogP contribution is 2.19. The molecule has 0 aliphatic heterocycles. The molecule has 7 heteroatoms. The number of sulfonamides is 1. The van der Waals surface area contributed by atoms with E-state index >= 15 is 0 Å². The van der Waals surface area contributed by atoms with Crippen molar-refractivity contribution in [2.24, 2.45) is 11.1 Å². The Morgan fingerprint density at radius 1 is 1.50 bits per heavy atom. The van der Waals surface area contributed by atoms with Crippen LogP contribution in [0.4, 0.5) is 0 Å². The number of aryl methyl sites for hydroxylation is 1. The molecule has 0 radical (unpaired) electrons. The van der Waals surface area contributed by atoms with Crippen molar-refractivity contribution in [2.45, 2.75) is 32.1 Å². The van der Waals surface area contributed by atoms with Gasteiger partial charge >= 0.3 is 5.97 Å². The van der Waals surface area contributed by atoms with Crippen molar-refractivity contribution in [3.63, 3.8) is 0 Å². The predicted octanol–water partition coefficient (Wildman–Crippen LogP) is 1.44. The lowest BCUT2D eigenvalue weighted by Gasteiger charge is -2.04. The van der Waals surface area contributed by atoms with Crippen molar-refractivity contribution < 1.29 is 22.4 Å². The van der Waals surface area contributed by atoms with Gasteiger partial charge < -0.3 is 9.15 Å². The van der Waals surface area contributed by atoms with Gasteiger partial charge in [-0.1, -0.05) is 13.8 Å². The van der Waals surface area contributed by atoms with E-state index < -0.39 is 16.0 Å². The minimum absolute atomic E-state index is 0.0771. The first-order valence-electron chi connectivity index (χ1n) is 5.52.